The van der Waals surface area contributed by atoms with Crippen LogP contribution in [0.4, 0.5) is 4.39 Å². The van der Waals surface area contributed by atoms with E-state index in [-0.39, 0.29) is 35.3 Å². The fourth-order valence-electron chi connectivity index (χ4n) is 1.34. The molecular formula is C9H8FNO4. The number of rotatable bonds is 1. The monoisotopic (exact) mass is 213 g/mol. The van der Waals surface area contributed by atoms with Crippen LogP contribution >= 0.6 is 0 Å². The molecule has 1 heterocycles. The summed E-state index contributed by atoms with van der Waals surface area (Å²) in [6.07, 6.45) is 0. The molecule has 0 aromatic heterocycles. The lowest BCUT2D eigenvalue weighted by molar-refractivity contribution is 0.168. The highest BCUT2D eigenvalue weighted by molar-refractivity contribution is 6.01. The summed E-state index contributed by atoms with van der Waals surface area (Å²) in [6.45, 7) is 1.29. The van der Waals surface area contributed by atoms with Crippen molar-refractivity contribution in [2.24, 2.45) is 5.16 Å². The lowest BCUT2D eigenvalue weighted by atomic mass is 10.1. The molecule has 0 bridgehead atoms. The average Bonchev–Trinajstić information content (AvgIpc) is 2.71. The van der Waals surface area contributed by atoms with Crippen molar-refractivity contribution < 1.29 is 24.2 Å². The maximum Gasteiger partial charge on any atom is 0.231 e. The summed E-state index contributed by atoms with van der Waals surface area (Å²) in [6, 6.07) is 1.03. The van der Waals surface area contributed by atoms with Crippen LogP contribution in [0.5, 0.6) is 17.2 Å². The number of hydrogen-bond acceptors (Lipinski definition) is 5. The number of fused-ring (bicyclic) bond motifs is 1. The van der Waals surface area contributed by atoms with Crippen LogP contribution in [0.1, 0.15) is 12.5 Å². The number of halogens is 1. The Labute approximate surface area is 84.4 Å². The van der Waals surface area contributed by atoms with Gasteiger partial charge in [-0.1, -0.05) is 5.16 Å². The fourth-order valence-corrected chi connectivity index (χ4v) is 1.34. The molecule has 0 fully saturated rings. The second-order valence-corrected chi connectivity index (χ2v) is 3.00. The van der Waals surface area contributed by atoms with E-state index in [1.54, 1.807) is 0 Å². The SMILES string of the molecule is C/C(=N/O)c1cc(F)c2c(c1O)OCO2. The second-order valence-electron chi connectivity index (χ2n) is 3.00. The van der Waals surface area contributed by atoms with Crippen molar-refractivity contribution in [2.45, 2.75) is 6.92 Å². The van der Waals surface area contributed by atoms with Gasteiger partial charge in [0, 0.05) is 5.56 Å². The predicted octanol–water partition coefficient (Wildman–Crippen LogP) is 1.46. The minimum atomic E-state index is -0.668. The van der Waals surface area contributed by atoms with Gasteiger partial charge in [-0.05, 0) is 13.0 Å². The first kappa shape index (κ1) is 9.57. The highest BCUT2D eigenvalue weighted by Gasteiger charge is 2.26. The van der Waals surface area contributed by atoms with Crippen LogP contribution in [-0.2, 0) is 0 Å². The van der Waals surface area contributed by atoms with Gasteiger partial charge in [-0.3, -0.25) is 0 Å². The molecule has 1 aromatic carbocycles. The number of hydrogen-bond donors (Lipinski definition) is 2. The van der Waals surface area contributed by atoms with E-state index in [2.05, 4.69) is 5.16 Å². The number of phenolic OH excluding ortho intramolecular Hbond substituents is 1. The molecule has 1 aromatic rings. The molecule has 0 unspecified atom stereocenters. The first-order chi connectivity index (χ1) is 7.15. The summed E-state index contributed by atoms with van der Waals surface area (Å²) in [5.74, 6) is -1.15. The molecule has 0 amide bonds. The Morgan fingerprint density at radius 3 is 2.80 bits per heavy atom. The van der Waals surface area contributed by atoms with E-state index in [1.165, 1.54) is 6.92 Å². The van der Waals surface area contributed by atoms with Gasteiger partial charge in [0.25, 0.3) is 0 Å². The maximum atomic E-state index is 13.4. The number of ether oxygens (including phenoxy) is 2. The van der Waals surface area contributed by atoms with Gasteiger partial charge >= 0.3 is 0 Å². The molecule has 5 nitrogen and oxygen atoms in total. The molecule has 2 rings (SSSR count). The fraction of sp³-hybridized carbons (Fsp3) is 0.222. The standard InChI is InChI=1S/C9H8FNO4/c1-4(11-13)5-2-6(10)8-9(7(5)12)15-3-14-8/h2,12-13H,3H2,1H3/b11-4-. The van der Waals surface area contributed by atoms with Gasteiger partial charge in [0.05, 0.1) is 5.71 Å². The molecule has 0 spiro atoms. The molecule has 0 radical (unpaired) electrons. The minimum absolute atomic E-state index is 0.0620. The normalized spacial score (nSPS) is 14.4. The topological polar surface area (TPSA) is 71.3 Å². The van der Waals surface area contributed by atoms with E-state index in [0.29, 0.717) is 0 Å². The molecule has 0 aliphatic carbocycles. The lowest BCUT2D eigenvalue weighted by Gasteiger charge is -2.06. The second kappa shape index (κ2) is 3.30. The van der Waals surface area contributed by atoms with E-state index in [1.807, 2.05) is 0 Å². The number of nitrogens with zero attached hydrogens (tertiary/aromatic N) is 1. The van der Waals surface area contributed by atoms with E-state index in [9.17, 15) is 9.50 Å². The Kier molecular flexibility index (Phi) is 2.11. The van der Waals surface area contributed by atoms with Gasteiger partial charge in [0.2, 0.25) is 18.3 Å². The number of oxime groups is 1. The van der Waals surface area contributed by atoms with Crippen molar-refractivity contribution >= 4 is 5.71 Å². The first-order valence-corrected chi connectivity index (χ1v) is 4.15. The van der Waals surface area contributed by atoms with E-state index in [0.717, 1.165) is 6.07 Å². The molecule has 15 heavy (non-hydrogen) atoms. The van der Waals surface area contributed by atoms with E-state index < -0.39 is 5.82 Å². The van der Waals surface area contributed by atoms with Crippen molar-refractivity contribution in [1.82, 2.24) is 0 Å². The zero-order chi connectivity index (χ0) is 11.0. The van der Waals surface area contributed by atoms with Gasteiger partial charge < -0.3 is 19.8 Å². The van der Waals surface area contributed by atoms with Crippen LogP contribution in [0.2, 0.25) is 0 Å². The largest absolute Gasteiger partial charge is 0.504 e. The van der Waals surface area contributed by atoms with Crippen LogP contribution in [0.3, 0.4) is 0 Å². The van der Waals surface area contributed by atoms with E-state index in [4.69, 9.17) is 14.7 Å². The van der Waals surface area contributed by atoms with Crippen LogP contribution < -0.4 is 9.47 Å². The quantitative estimate of drug-likeness (QED) is 0.421. The van der Waals surface area contributed by atoms with Crippen LogP contribution in [-0.4, -0.2) is 22.8 Å². The molecule has 80 valence electrons. The smallest absolute Gasteiger partial charge is 0.231 e. The predicted molar refractivity (Wildman–Crippen MR) is 48.2 cm³/mol. The van der Waals surface area contributed by atoms with Crippen LogP contribution in [0.25, 0.3) is 0 Å². The van der Waals surface area contributed by atoms with Crippen LogP contribution in [0.15, 0.2) is 11.2 Å². The third-order valence-corrected chi connectivity index (χ3v) is 2.11. The summed E-state index contributed by atoms with van der Waals surface area (Å²) in [5, 5.41) is 21.1. The van der Waals surface area contributed by atoms with E-state index >= 15 is 0 Å². The summed E-state index contributed by atoms with van der Waals surface area (Å²) >= 11 is 0. The number of benzene rings is 1. The van der Waals surface area contributed by atoms with Crippen LogP contribution in [0, 0.1) is 5.82 Å². The zero-order valence-electron chi connectivity index (χ0n) is 7.82. The summed E-state index contributed by atoms with van der Waals surface area (Å²) < 4.78 is 23.1. The summed E-state index contributed by atoms with van der Waals surface area (Å²) in [5.41, 5.74) is 0.156. The van der Waals surface area contributed by atoms with Crippen molar-refractivity contribution in [3.05, 3.63) is 17.4 Å². The molecule has 6 heteroatoms. The Morgan fingerprint density at radius 2 is 2.13 bits per heavy atom. The first-order valence-electron chi connectivity index (χ1n) is 4.15. The molecule has 0 saturated heterocycles. The third-order valence-electron chi connectivity index (χ3n) is 2.11. The lowest BCUT2D eigenvalue weighted by Crippen LogP contribution is -1.97. The summed E-state index contributed by atoms with van der Waals surface area (Å²) in [4.78, 5) is 0. The molecule has 1 aliphatic rings. The van der Waals surface area contributed by atoms with Crippen molar-refractivity contribution in [2.75, 3.05) is 6.79 Å². The highest BCUT2D eigenvalue weighted by atomic mass is 19.1. The van der Waals surface area contributed by atoms with Crippen molar-refractivity contribution in [1.29, 1.82) is 0 Å². The van der Waals surface area contributed by atoms with Gasteiger partial charge in [0.15, 0.2) is 11.6 Å². The van der Waals surface area contributed by atoms with Crippen molar-refractivity contribution in [3.63, 3.8) is 0 Å². The number of phenols is 1. The van der Waals surface area contributed by atoms with Gasteiger partial charge in [-0.15, -0.1) is 0 Å². The highest BCUT2D eigenvalue weighted by Crippen LogP contribution is 2.44. The van der Waals surface area contributed by atoms with Crippen molar-refractivity contribution in [3.8, 4) is 17.2 Å². The van der Waals surface area contributed by atoms with Gasteiger partial charge in [0.1, 0.15) is 0 Å². The average molecular weight is 213 g/mol. The molecular weight excluding hydrogens is 205 g/mol. The Bertz CT molecular complexity index is 444. The molecule has 1 aliphatic heterocycles. The third kappa shape index (κ3) is 1.34. The summed E-state index contributed by atoms with van der Waals surface area (Å²) in [7, 11) is 0. The molecule has 2 N–H and O–H groups in total. The Hall–Kier alpha value is -1.98. The van der Waals surface area contributed by atoms with Gasteiger partial charge in [-0.25, -0.2) is 4.39 Å². The molecule has 0 atom stereocenters. The minimum Gasteiger partial charge on any atom is -0.504 e. The Balaban J connectivity index is 2.65. The molecule has 0 saturated carbocycles. The zero-order valence-corrected chi connectivity index (χ0v) is 7.82. The number of aromatic hydroxyl groups is 1. The van der Waals surface area contributed by atoms with Gasteiger partial charge in [-0.2, -0.15) is 0 Å². The maximum absolute atomic E-state index is 13.4. The Morgan fingerprint density at radius 1 is 1.47 bits per heavy atom.